The van der Waals surface area contributed by atoms with Gasteiger partial charge in [0.05, 0.1) is 5.60 Å². The Bertz CT molecular complexity index is 664. The smallest absolute Gasteiger partial charge is 0.334 e. The molecule has 1 saturated heterocycles. The van der Waals surface area contributed by atoms with E-state index >= 15 is 0 Å². The van der Waals surface area contributed by atoms with Crippen LogP contribution >= 0.6 is 0 Å². The molecule has 0 radical (unpaired) electrons. The summed E-state index contributed by atoms with van der Waals surface area (Å²) in [6, 6.07) is 0. The predicted octanol–water partition coefficient (Wildman–Crippen LogP) is 3.33. The summed E-state index contributed by atoms with van der Waals surface area (Å²) in [5.41, 5.74) is 0.891. The van der Waals surface area contributed by atoms with E-state index in [4.69, 9.17) is 14.2 Å². The van der Waals surface area contributed by atoms with Gasteiger partial charge in [0.1, 0.15) is 24.4 Å². The Balaban J connectivity index is 2.44. The number of carbonyl (C=O) groups is 2. The number of carbonyl (C=O) groups excluding carboxylic acids is 2. The average Bonchev–Trinajstić information content (AvgIpc) is 3.27. The lowest BCUT2D eigenvalue weighted by Crippen LogP contribution is -2.49. The van der Waals surface area contributed by atoms with Gasteiger partial charge in [-0.1, -0.05) is 26.0 Å². The molecule has 1 aliphatic heterocycles. The molecule has 1 fully saturated rings. The molecule has 0 unspecified atom stereocenters. The Kier molecular flexibility index (Phi) is 7.10. The van der Waals surface area contributed by atoms with Crippen LogP contribution in [0.5, 0.6) is 0 Å². The molecule has 0 amide bonds. The zero-order valence-electron chi connectivity index (χ0n) is 18.0. The Morgan fingerprint density at radius 3 is 2.50 bits per heavy atom. The topological polar surface area (TPSA) is 85.4 Å². The maximum absolute atomic E-state index is 12.4. The molecule has 28 heavy (non-hydrogen) atoms. The third-order valence-electron chi connectivity index (χ3n) is 5.94. The van der Waals surface area contributed by atoms with Crippen molar-refractivity contribution in [2.24, 2.45) is 11.8 Å². The number of fused-ring (bicyclic) bond motifs is 1. The third-order valence-corrected chi connectivity index (χ3v) is 5.94. The lowest BCUT2D eigenvalue weighted by molar-refractivity contribution is -0.164. The molecule has 0 bridgehead atoms. The summed E-state index contributed by atoms with van der Waals surface area (Å²) in [5, 5.41) is 11.3. The summed E-state index contributed by atoms with van der Waals surface area (Å²) >= 11 is 0. The molecule has 158 valence electrons. The predicted molar refractivity (Wildman–Crippen MR) is 105 cm³/mol. The molecular weight excluding hydrogens is 360 g/mol. The van der Waals surface area contributed by atoms with Gasteiger partial charge in [-0.2, -0.15) is 0 Å². The Morgan fingerprint density at radius 2 is 1.96 bits per heavy atom. The summed E-state index contributed by atoms with van der Waals surface area (Å²) in [7, 11) is 0. The number of esters is 2. The van der Waals surface area contributed by atoms with Crippen LogP contribution in [0, 0.1) is 11.8 Å². The lowest BCUT2D eigenvalue weighted by atomic mass is 9.77. The average molecular weight is 395 g/mol. The van der Waals surface area contributed by atoms with Crippen molar-refractivity contribution < 1.29 is 28.9 Å². The van der Waals surface area contributed by atoms with Gasteiger partial charge >= 0.3 is 11.9 Å². The minimum Gasteiger partial charge on any atom is -0.459 e. The molecule has 0 saturated carbocycles. The van der Waals surface area contributed by atoms with Gasteiger partial charge < -0.3 is 19.3 Å². The van der Waals surface area contributed by atoms with Gasteiger partial charge in [-0.3, -0.25) is 4.79 Å². The molecule has 1 N–H and O–H groups in total. The lowest BCUT2D eigenvalue weighted by Gasteiger charge is -2.37. The van der Waals surface area contributed by atoms with E-state index < -0.39 is 36.2 Å². The summed E-state index contributed by atoms with van der Waals surface area (Å²) in [6.07, 6.45) is 2.45. The molecule has 0 aromatic carbocycles. The van der Waals surface area contributed by atoms with E-state index in [0.29, 0.717) is 5.57 Å². The van der Waals surface area contributed by atoms with Crippen molar-refractivity contribution in [3.8, 4) is 0 Å². The van der Waals surface area contributed by atoms with E-state index in [2.05, 4.69) is 0 Å². The fourth-order valence-corrected chi connectivity index (χ4v) is 4.04. The summed E-state index contributed by atoms with van der Waals surface area (Å²) in [5.74, 6) is -1.34. The number of hydrogen-bond acceptors (Lipinski definition) is 6. The molecule has 0 aromatic rings. The molecule has 2 aliphatic rings. The standard InChI is InChI=1S/C22H34O6/c1-8-13(4)21(25)27-18-14(5)10-9-11-22(7)20(28-22)19(26-15(6)23)16(12(2)3)17(18)24/h8,10,12,16-20,24H,9,11H2,1-7H3/b13-8+,14-10+/t16-,17-,18-,19-,20-,22+/m0/s1. The van der Waals surface area contributed by atoms with Crippen LogP contribution < -0.4 is 0 Å². The largest absolute Gasteiger partial charge is 0.459 e. The van der Waals surface area contributed by atoms with E-state index in [1.807, 2.05) is 33.8 Å². The summed E-state index contributed by atoms with van der Waals surface area (Å²) < 4.78 is 17.3. The van der Waals surface area contributed by atoms with Crippen molar-refractivity contribution in [3.05, 3.63) is 23.3 Å². The molecule has 6 nitrogen and oxygen atoms in total. The Morgan fingerprint density at radius 1 is 1.32 bits per heavy atom. The second kappa shape index (κ2) is 8.78. The van der Waals surface area contributed by atoms with Gasteiger partial charge in [0, 0.05) is 18.4 Å². The van der Waals surface area contributed by atoms with Crippen molar-refractivity contribution in [2.45, 2.75) is 91.3 Å². The van der Waals surface area contributed by atoms with E-state index in [1.54, 1.807) is 19.9 Å². The van der Waals surface area contributed by atoms with Crippen LogP contribution in [0.15, 0.2) is 23.3 Å². The first-order valence-corrected chi connectivity index (χ1v) is 10.1. The maximum Gasteiger partial charge on any atom is 0.334 e. The zero-order valence-corrected chi connectivity index (χ0v) is 18.0. The molecule has 1 heterocycles. The van der Waals surface area contributed by atoms with Gasteiger partial charge in [0.15, 0.2) is 0 Å². The third kappa shape index (κ3) is 4.84. The second-order valence-electron chi connectivity index (χ2n) is 8.52. The zero-order chi connectivity index (χ0) is 21.2. The first-order valence-electron chi connectivity index (χ1n) is 10.1. The number of aliphatic hydroxyl groups is 1. The fourth-order valence-electron chi connectivity index (χ4n) is 4.04. The highest BCUT2D eigenvalue weighted by Crippen LogP contribution is 2.48. The van der Waals surface area contributed by atoms with E-state index in [9.17, 15) is 14.7 Å². The first-order chi connectivity index (χ1) is 13.0. The quantitative estimate of drug-likeness (QED) is 0.341. The molecule has 2 rings (SSSR count). The molecule has 6 heteroatoms. The highest BCUT2D eigenvalue weighted by Gasteiger charge is 2.60. The minimum atomic E-state index is -1.03. The molecule has 6 atom stereocenters. The van der Waals surface area contributed by atoms with E-state index in [1.165, 1.54) is 6.92 Å². The summed E-state index contributed by atoms with van der Waals surface area (Å²) in [6.45, 7) is 12.6. The van der Waals surface area contributed by atoms with Crippen molar-refractivity contribution in [3.63, 3.8) is 0 Å². The molecule has 0 spiro atoms. The maximum atomic E-state index is 12.4. The van der Waals surface area contributed by atoms with Crippen LogP contribution in [-0.2, 0) is 23.8 Å². The molecular formula is C22H34O6. The van der Waals surface area contributed by atoms with Crippen LogP contribution in [0.25, 0.3) is 0 Å². The fraction of sp³-hybridized carbons (Fsp3) is 0.727. The molecule has 0 aromatic heterocycles. The van der Waals surface area contributed by atoms with Crippen molar-refractivity contribution in [2.75, 3.05) is 0 Å². The minimum absolute atomic E-state index is 0.0240. The van der Waals surface area contributed by atoms with E-state index in [0.717, 1.165) is 18.4 Å². The van der Waals surface area contributed by atoms with Gasteiger partial charge in [0.2, 0.25) is 0 Å². The van der Waals surface area contributed by atoms with Crippen molar-refractivity contribution in [1.82, 2.24) is 0 Å². The van der Waals surface area contributed by atoms with Crippen LogP contribution in [0.3, 0.4) is 0 Å². The van der Waals surface area contributed by atoms with Gasteiger partial charge in [-0.05, 0) is 52.0 Å². The SMILES string of the molecule is C/C=C(\C)C(=O)O[C@H]1/C(C)=C/CC[C@@]2(C)O[C@H]2[C@@H](OC(C)=O)[C@@H](C(C)C)[C@@H]1O. The number of epoxide rings is 1. The molecule has 1 aliphatic carbocycles. The second-order valence-corrected chi connectivity index (χ2v) is 8.52. The van der Waals surface area contributed by atoms with Gasteiger partial charge in [-0.25, -0.2) is 4.79 Å². The highest BCUT2D eigenvalue weighted by molar-refractivity contribution is 5.87. The number of allylic oxidation sites excluding steroid dienone is 2. The van der Waals surface area contributed by atoms with Crippen LogP contribution in [0.1, 0.15) is 61.3 Å². The van der Waals surface area contributed by atoms with Crippen molar-refractivity contribution >= 4 is 11.9 Å². The summed E-state index contributed by atoms with van der Waals surface area (Å²) in [4.78, 5) is 24.2. The first kappa shape index (κ1) is 22.6. The monoisotopic (exact) mass is 394 g/mol. The number of rotatable bonds is 4. The number of ether oxygens (including phenoxy) is 3. The van der Waals surface area contributed by atoms with Crippen LogP contribution in [0.2, 0.25) is 0 Å². The Hall–Kier alpha value is -1.66. The highest BCUT2D eigenvalue weighted by atomic mass is 16.6. The number of hydrogen-bond donors (Lipinski definition) is 1. The Labute approximate surface area is 167 Å². The van der Waals surface area contributed by atoms with Gasteiger partial charge in [0.25, 0.3) is 0 Å². The number of aliphatic hydroxyl groups excluding tert-OH is 1. The van der Waals surface area contributed by atoms with Crippen LogP contribution in [0.4, 0.5) is 0 Å². The normalized spacial score (nSPS) is 38.1. The van der Waals surface area contributed by atoms with E-state index in [-0.39, 0.29) is 17.6 Å². The van der Waals surface area contributed by atoms with Crippen molar-refractivity contribution in [1.29, 1.82) is 0 Å². The van der Waals surface area contributed by atoms with Gasteiger partial charge in [-0.15, -0.1) is 0 Å². The van der Waals surface area contributed by atoms with Crippen LogP contribution in [-0.4, -0.2) is 47.1 Å².